The molecule has 4 rings (SSSR count). The molecular weight excluding hydrogens is 548 g/mol. The van der Waals surface area contributed by atoms with Crippen LogP contribution in [0.3, 0.4) is 0 Å². The summed E-state index contributed by atoms with van der Waals surface area (Å²) in [6.07, 6.45) is 3.32. The van der Waals surface area contributed by atoms with Gasteiger partial charge in [0.1, 0.15) is 13.2 Å². The minimum absolute atomic E-state index is 0.00664. The molecule has 0 radical (unpaired) electrons. The highest BCUT2D eigenvalue weighted by Gasteiger charge is 2.34. The van der Waals surface area contributed by atoms with E-state index in [1.165, 1.54) is 36.2 Å². The zero-order valence-corrected chi connectivity index (χ0v) is 24.2. The molecule has 216 valence electrons. The van der Waals surface area contributed by atoms with Crippen molar-refractivity contribution in [3.8, 4) is 23.0 Å². The van der Waals surface area contributed by atoms with E-state index in [4.69, 9.17) is 23.7 Å². The topological polar surface area (TPSA) is 118 Å². The fourth-order valence-electron chi connectivity index (χ4n) is 4.36. The number of carbonyl (C=O) groups is 1. The van der Waals surface area contributed by atoms with E-state index in [1.807, 2.05) is 6.92 Å². The number of hydrogen-bond acceptors (Lipinski definition) is 10. The van der Waals surface area contributed by atoms with E-state index < -0.39 is 12.0 Å². The molecule has 0 fully saturated rings. The van der Waals surface area contributed by atoms with Crippen LogP contribution in [0.15, 0.2) is 70.1 Å². The molecule has 1 N–H and O–H groups in total. The number of esters is 1. The summed E-state index contributed by atoms with van der Waals surface area (Å²) in [7, 11) is 3.03. The van der Waals surface area contributed by atoms with Crippen molar-refractivity contribution in [1.29, 1.82) is 0 Å². The normalized spacial score (nSPS) is 14.7. The van der Waals surface area contributed by atoms with Gasteiger partial charge in [-0.2, -0.15) is 0 Å². The van der Waals surface area contributed by atoms with Crippen LogP contribution >= 0.6 is 11.3 Å². The zero-order valence-electron chi connectivity index (χ0n) is 23.3. The second-order valence-corrected chi connectivity index (χ2v) is 9.89. The lowest BCUT2D eigenvalue weighted by atomic mass is 9.95. The van der Waals surface area contributed by atoms with Crippen molar-refractivity contribution in [2.75, 3.05) is 40.6 Å². The molecule has 10 nitrogen and oxygen atoms in total. The van der Waals surface area contributed by atoms with Crippen LogP contribution in [0.4, 0.5) is 0 Å². The number of methoxy groups -OCH3 is 2. The Morgan fingerprint density at radius 2 is 1.93 bits per heavy atom. The maximum atomic E-state index is 13.9. The molecule has 0 amide bonds. The van der Waals surface area contributed by atoms with Crippen LogP contribution in [0.2, 0.25) is 0 Å². The molecule has 0 spiro atoms. The van der Waals surface area contributed by atoms with Gasteiger partial charge in [-0.1, -0.05) is 36.1 Å². The maximum absolute atomic E-state index is 13.9. The summed E-state index contributed by atoms with van der Waals surface area (Å²) in [5.74, 6) is 0.641. The maximum Gasteiger partial charge on any atom is 0.338 e. The quantitative estimate of drug-likeness (QED) is 0.197. The van der Waals surface area contributed by atoms with Gasteiger partial charge in [-0.15, -0.1) is 0 Å². The first-order valence-corrected chi connectivity index (χ1v) is 13.7. The number of phenols is 1. The molecule has 11 heteroatoms. The number of hydrogen-bond donors (Lipinski definition) is 1. The average molecular weight is 581 g/mol. The lowest BCUT2D eigenvalue weighted by Crippen LogP contribution is -2.40. The predicted molar refractivity (Wildman–Crippen MR) is 155 cm³/mol. The summed E-state index contributed by atoms with van der Waals surface area (Å²) >= 11 is 1.19. The third kappa shape index (κ3) is 6.36. The monoisotopic (exact) mass is 580 g/mol. The lowest BCUT2D eigenvalue weighted by molar-refractivity contribution is -0.140. The molecule has 41 heavy (non-hydrogen) atoms. The van der Waals surface area contributed by atoms with Crippen LogP contribution in [0.25, 0.3) is 6.08 Å². The Hall–Kier alpha value is -4.35. The van der Waals surface area contributed by atoms with Gasteiger partial charge < -0.3 is 28.8 Å². The number of fused-ring (bicyclic) bond motifs is 1. The smallest absolute Gasteiger partial charge is 0.338 e. The van der Waals surface area contributed by atoms with E-state index in [9.17, 15) is 14.7 Å². The van der Waals surface area contributed by atoms with Crippen molar-refractivity contribution in [1.82, 2.24) is 4.57 Å². The summed E-state index contributed by atoms with van der Waals surface area (Å²) in [6.45, 7) is 8.13. The van der Waals surface area contributed by atoms with Gasteiger partial charge in [-0.25, -0.2) is 9.79 Å². The predicted octanol–water partition coefficient (Wildman–Crippen LogP) is 3.10. The van der Waals surface area contributed by atoms with Crippen molar-refractivity contribution in [3.63, 3.8) is 0 Å². The number of aromatic hydroxyl groups is 1. The number of aromatic nitrogens is 1. The SMILES string of the molecule is C=CCOc1ccc(C2C(C(=O)OCCOC)=C(C)N=c3sc(=Cc4ccc(O)c(OCC)c4)c(=O)n32)cc1OC. The highest BCUT2D eigenvalue weighted by Crippen LogP contribution is 2.36. The Bertz CT molecular complexity index is 1650. The van der Waals surface area contributed by atoms with Gasteiger partial charge in [0, 0.05) is 7.11 Å². The second kappa shape index (κ2) is 13.3. The van der Waals surface area contributed by atoms with Gasteiger partial charge in [0.2, 0.25) is 0 Å². The average Bonchev–Trinajstić information content (AvgIpc) is 3.26. The fraction of sp³-hybridized carbons (Fsp3) is 0.300. The van der Waals surface area contributed by atoms with Crippen molar-refractivity contribution < 1.29 is 33.6 Å². The first-order valence-electron chi connectivity index (χ1n) is 12.9. The summed E-state index contributed by atoms with van der Waals surface area (Å²) in [5.41, 5.74) is 1.58. The molecule has 2 heterocycles. The van der Waals surface area contributed by atoms with Crippen molar-refractivity contribution in [3.05, 3.63) is 91.1 Å². The zero-order chi connectivity index (χ0) is 29.5. The fourth-order valence-corrected chi connectivity index (χ4v) is 5.41. The summed E-state index contributed by atoms with van der Waals surface area (Å²) < 4.78 is 29.1. The molecule has 0 bridgehead atoms. The van der Waals surface area contributed by atoms with E-state index in [1.54, 1.807) is 49.4 Å². The van der Waals surface area contributed by atoms with E-state index in [0.29, 0.717) is 50.0 Å². The standard InChI is InChI=1S/C30H32N2O8S/c1-6-12-39-22-11-9-20(17-24(22)37-5)27-26(29(35)40-14-13-36-4)18(3)31-30-32(27)28(34)25(41-30)16-19-8-10-21(33)23(15-19)38-7-2/h6,8-11,15-17,27,33H,1,7,12-14H2,2-5H3. The number of carbonyl (C=O) groups excluding carboxylic acids is 1. The third-order valence-corrected chi connectivity index (χ3v) is 7.19. The largest absolute Gasteiger partial charge is 0.504 e. The van der Waals surface area contributed by atoms with Crippen LogP contribution in [0, 0.1) is 0 Å². The van der Waals surface area contributed by atoms with Crippen molar-refractivity contribution in [2.24, 2.45) is 4.99 Å². The molecule has 2 aromatic carbocycles. The number of ether oxygens (including phenoxy) is 5. The van der Waals surface area contributed by atoms with Crippen LogP contribution in [-0.2, 0) is 14.3 Å². The highest BCUT2D eigenvalue weighted by atomic mass is 32.1. The first-order chi connectivity index (χ1) is 19.8. The van der Waals surface area contributed by atoms with Gasteiger partial charge in [-0.3, -0.25) is 9.36 Å². The molecule has 1 unspecified atom stereocenters. The Morgan fingerprint density at radius 3 is 2.63 bits per heavy atom. The first kappa shape index (κ1) is 29.6. The number of phenolic OH excluding ortho intramolecular Hbond substituents is 1. The van der Waals surface area contributed by atoms with Gasteiger partial charge >= 0.3 is 5.97 Å². The molecule has 1 aliphatic rings. The van der Waals surface area contributed by atoms with Crippen molar-refractivity contribution >= 4 is 23.4 Å². The van der Waals surface area contributed by atoms with E-state index >= 15 is 0 Å². The van der Waals surface area contributed by atoms with Crippen LogP contribution in [-0.4, -0.2) is 56.3 Å². The highest BCUT2D eigenvalue weighted by molar-refractivity contribution is 7.07. The number of allylic oxidation sites excluding steroid dienone is 1. The molecule has 1 aromatic heterocycles. The van der Waals surface area contributed by atoms with Gasteiger partial charge in [0.05, 0.1) is 42.2 Å². The minimum Gasteiger partial charge on any atom is -0.504 e. The minimum atomic E-state index is -0.843. The van der Waals surface area contributed by atoms with E-state index in [-0.39, 0.29) is 36.7 Å². The lowest BCUT2D eigenvalue weighted by Gasteiger charge is -2.25. The Balaban J connectivity index is 1.89. The molecule has 3 aromatic rings. The van der Waals surface area contributed by atoms with Crippen LogP contribution < -0.4 is 29.1 Å². The number of thiazole rings is 1. The van der Waals surface area contributed by atoms with Gasteiger partial charge in [0.15, 0.2) is 27.8 Å². The molecule has 0 aliphatic carbocycles. The van der Waals surface area contributed by atoms with Crippen LogP contribution in [0.5, 0.6) is 23.0 Å². The molecule has 0 saturated carbocycles. The van der Waals surface area contributed by atoms with Crippen molar-refractivity contribution in [2.45, 2.75) is 19.9 Å². The molecule has 0 saturated heterocycles. The Labute approximate surface area is 241 Å². The van der Waals surface area contributed by atoms with E-state index in [2.05, 4.69) is 11.6 Å². The van der Waals surface area contributed by atoms with Crippen LogP contribution in [0.1, 0.15) is 31.0 Å². The van der Waals surface area contributed by atoms with E-state index in [0.717, 1.165) is 0 Å². The summed E-state index contributed by atoms with van der Waals surface area (Å²) in [5, 5.41) is 10.1. The summed E-state index contributed by atoms with van der Waals surface area (Å²) in [6, 6.07) is 9.24. The Morgan fingerprint density at radius 1 is 1.12 bits per heavy atom. The summed E-state index contributed by atoms with van der Waals surface area (Å²) in [4.78, 5) is 32.3. The Kier molecular flexibility index (Phi) is 9.64. The molecule has 1 aliphatic heterocycles. The van der Waals surface area contributed by atoms with Gasteiger partial charge in [0.25, 0.3) is 5.56 Å². The number of benzene rings is 2. The van der Waals surface area contributed by atoms with Gasteiger partial charge in [-0.05, 0) is 55.3 Å². The molecular formula is C30H32N2O8S. The molecule has 1 atom stereocenters. The number of nitrogens with zero attached hydrogens (tertiary/aromatic N) is 2. The number of rotatable bonds is 12. The second-order valence-electron chi connectivity index (χ2n) is 8.88. The third-order valence-electron chi connectivity index (χ3n) is 6.20.